The third-order valence-electron chi connectivity index (χ3n) is 4.64. The number of esters is 1. The van der Waals surface area contributed by atoms with Crippen molar-refractivity contribution in [1.82, 2.24) is 9.62 Å². The van der Waals surface area contributed by atoms with Gasteiger partial charge in [0.25, 0.3) is 11.8 Å². The normalized spacial score (nSPS) is 12.2. The fraction of sp³-hybridized carbons (Fsp3) is 0.318. The van der Waals surface area contributed by atoms with E-state index in [1.165, 1.54) is 35.5 Å². The van der Waals surface area contributed by atoms with E-state index in [9.17, 15) is 22.8 Å². The fourth-order valence-corrected chi connectivity index (χ4v) is 4.40. The van der Waals surface area contributed by atoms with E-state index in [-0.39, 0.29) is 10.5 Å². The zero-order chi connectivity index (χ0) is 24.6. The van der Waals surface area contributed by atoms with Crippen LogP contribution in [-0.2, 0) is 24.3 Å². The molecule has 11 heteroatoms. The van der Waals surface area contributed by atoms with Crippen molar-refractivity contribution < 1.29 is 27.5 Å². The van der Waals surface area contributed by atoms with Crippen molar-refractivity contribution >= 4 is 45.1 Å². The van der Waals surface area contributed by atoms with Crippen molar-refractivity contribution in [2.24, 2.45) is 0 Å². The molecule has 2 amide bonds. The van der Waals surface area contributed by atoms with Gasteiger partial charge in [0.15, 0.2) is 6.10 Å². The lowest BCUT2D eigenvalue weighted by atomic mass is 10.2. The van der Waals surface area contributed by atoms with Crippen LogP contribution in [0.2, 0.25) is 5.02 Å². The number of ether oxygens (including phenoxy) is 1. The molecule has 0 heterocycles. The Bertz CT molecular complexity index is 1080. The number of sulfonamides is 1. The average Bonchev–Trinajstić information content (AvgIpc) is 2.79. The first-order valence-corrected chi connectivity index (χ1v) is 12.0. The van der Waals surface area contributed by atoms with Crippen LogP contribution in [0.25, 0.3) is 0 Å². The molecule has 0 aliphatic heterocycles. The van der Waals surface area contributed by atoms with Gasteiger partial charge in [0.05, 0.1) is 4.90 Å². The quantitative estimate of drug-likeness (QED) is 0.489. The second-order valence-corrected chi connectivity index (χ2v) is 9.30. The third kappa shape index (κ3) is 7.28. The molecule has 0 saturated carbocycles. The number of carbonyl (C=O) groups is 3. The molecule has 2 N–H and O–H groups in total. The van der Waals surface area contributed by atoms with Crippen molar-refractivity contribution in [2.45, 2.75) is 31.8 Å². The molecule has 1 unspecified atom stereocenters. The predicted octanol–water partition coefficient (Wildman–Crippen LogP) is 2.67. The number of nitrogens with zero attached hydrogens (tertiary/aromatic N) is 1. The van der Waals surface area contributed by atoms with Gasteiger partial charge in [-0.05, 0) is 55.5 Å². The highest BCUT2D eigenvalue weighted by Crippen LogP contribution is 2.16. The summed E-state index contributed by atoms with van der Waals surface area (Å²) in [6, 6.07) is 11.8. The Labute approximate surface area is 198 Å². The first kappa shape index (κ1) is 26.3. The van der Waals surface area contributed by atoms with E-state index in [1.807, 2.05) is 0 Å². The van der Waals surface area contributed by atoms with Crippen LogP contribution < -0.4 is 10.6 Å². The second-order valence-electron chi connectivity index (χ2n) is 6.92. The number of nitrogens with one attached hydrogen (secondary N) is 2. The van der Waals surface area contributed by atoms with Gasteiger partial charge in [-0.3, -0.25) is 14.4 Å². The number of rotatable bonds is 10. The summed E-state index contributed by atoms with van der Waals surface area (Å²) in [7, 11) is -3.63. The minimum Gasteiger partial charge on any atom is -0.451 e. The third-order valence-corrected chi connectivity index (χ3v) is 6.96. The molecule has 178 valence electrons. The highest BCUT2D eigenvalue weighted by atomic mass is 35.5. The molecule has 2 rings (SSSR count). The largest absolute Gasteiger partial charge is 0.451 e. The summed E-state index contributed by atoms with van der Waals surface area (Å²) in [5.41, 5.74) is 0.668. The lowest BCUT2D eigenvalue weighted by Crippen LogP contribution is -2.35. The summed E-state index contributed by atoms with van der Waals surface area (Å²) in [6.07, 6.45) is -1.09. The molecule has 0 bridgehead atoms. The summed E-state index contributed by atoms with van der Waals surface area (Å²) >= 11 is 5.79. The number of amides is 2. The molecule has 0 radical (unpaired) electrons. The van der Waals surface area contributed by atoms with E-state index in [1.54, 1.807) is 38.1 Å². The summed E-state index contributed by atoms with van der Waals surface area (Å²) in [6.45, 7) is 5.09. The molecule has 9 nitrogen and oxygen atoms in total. The first-order chi connectivity index (χ1) is 15.6. The Morgan fingerprint density at radius 1 is 1.00 bits per heavy atom. The van der Waals surface area contributed by atoms with E-state index in [0.717, 1.165) is 0 Å². The highest BCUT2D eigenvalue weighted by Gasteiger charge is 2.22. The van der Waals surface area contributed by atoms with E-state index in [0.29, 0.717) is 23.8 Å². The van der Waals surface area contributed by atoms with E-state index >= 15 is 0 Å². The molecule has 33 heavy (non-hydrogen) atoms. The fourth-order valence-electron chi connectivity index (χ4n) is 2.81. The highest BCUT2D eigenvalue weighted by molar-refractivity contribution is 7.89. The van der Waals surface area contributed by atoms with Crippen molar-refractivity contribution in [2.75, 3.05) is 25.0 Å². The van der Waals surface area contributed by atoms with Crippen molar-refractivity contribution in [1.29, 1.82) is 0 Å². The van der Waals surface area contributed by atoms with Crippen LogP contribution >= 0.6 is 11.6 Å². The van der Waals surface area contributed by atoms with Gasteiger partial charge in [0.1, 0.15) is 6.54 Å². The van der Waals surface area contributed by atoms with E-state index < -0.39 is 40.5 Å². The Morgan fingerprint density at radius 3 is 2.12 bits per heavy atom. The second kappa shape index (κ2) is 11.8. The van der Waals surface area contributed by atoms with Gasteiger partial charge in [-0.15, -0.1) is 0 Å². The SMILES string of the molecule is CCN(CC)S(=O)(=O)c1ccc(C(=O)NCC(=O)OC(C)C(=O)Nc2ccc(Cl)cc2)cc1. The number of anilines is 1. The van der Waals surface area contributed by atoms with E-state index in [2.05, 4.69) is 10.6 Å². The number of hydrogen-bond acceptors (Lipinski definition) is 6. The molecule has 2 aromatic rings. The van der Waals surface area contributed by atoms with Gasteiger partial charge in [-0.2, -0.15) is 4.31 Å². The zero-order valence-electron chi connectivity index (χ0n) is 18.5. The maximum absolute atomic E-state index is 12.5. The Hall–Kier alpha value is -2.95. The Kier molecular flexibility index (Phi) is 9.39. The minimum absolute atomic E-state index is 0.0719. The molecular weight excluding hydrogens is 470 g/mol. The maximum Gasteiger partial charge on any atom is 0.326 e. The first-order valence-electron chi connectivity index (χ1n) is 10.2. The van der Waals surface area contributed by atoms with Crippen LogP contribution in [0.1, 0.15) is 31.1 Å². The van der Waals surface area contributed by atoms with Gasteiger partial charge >= 0.3 is 5.97 Å². The standard InChI is InChI=1S/C22H26ClN3O6S/c1-4-26(5-2)33(30,31)19-12-6-16(7-13-19)22(29)24-14-20(27)32-15(3)21(28)25-18-10-8-17(23)9-11-18/h6-13,15H,4-5,14H2,1-3H3,(H,24,29)(H,25,28). The molecule has 0 aromatic heterocycles. The molecule has 1 atom stereocenters. The van der Waals surface area contributed by atoms with Crippen LogP contribution in [0.4, 0.5) is 5.69 Å². The van der Waals surface area contributed by atoms with E-state index in [4.69, 9.17) is 16.3 Å². The number of halogens is 1. The summed E-state index contributed by atoms with van der Waals surface area (Å²) in [5, 5.41) is 5.48. The smallest absolute Gasteiger partial charge is 0.326 e. The monoisotopic (exact) mass is 495 g/mol. The molecule has 0 saturated heterocycles. The van der Waals surface area contributed by atoms with Gasteiger partial charge in [0.2, 0.25) is 10.0 Å². The number of hydrogen-bond donors (Lipinski definition) is 2. The Balaban J connectivity index is 1.87. The molecular formula is C22H26ClN3O6S. The lowest BCUT2D eigenvalue weighted by Gasteiger charge is -2.18. The average molecular weight is 496 g/mol. The van der Waals surface area contributed by atoms with Crippen LogP contribution in [0.5, 0.6) is 0 Å². The van der Waals surface area contributed by atoms with Crippen molar-refractivity contribution in [3.8, 4) is 0 Å². The Morgan fingerprint density at radius 2 is 1.58 bits per heavy atom. The zero-order valence-corrected chi connectivity index (χ0v) is 20.1. The minimum atomic E-state index is -3.63. The maximum atomic E-state index is 12.5. The van der Waals surface area contributed by atoms with Crippen LogP contribution in [0.15, 0.2) is 53.4 Å². The van der Waals surface area contributed by atoms with Crippen LogP contribution in [-0.4, -0.2) is 56.2 Å². The number of benzene rings is 2. The van der Waals surface area contributed by atoms with Gasteiger partial charge in [-0.25, -0.2) is 8.42 Å². The van der Waals surface area contributed by atoms with Crippen molar-refractivity contribution in [3.63, 3.8) is 0 Å². The molecule has 0 aliphatic rings. The number of carbonyl (C=O) groups excluding carboxylic acids is 3. The molecule has 2 aromatic carbocycles. The molecule has 0 aliphatic carbocycles. The topological polar surface area (TPSA) is 122 Å². The van der Waals surface area contributed by atoms with Crippen LogP contribution in [0.3, 0.4) is 0 Å². The lowest BCUT2D eigenvalue weighted by molar-refractivity contribution is -0.152. The van der Waals surface area contributed by atoms with Gasteiger partial charge < -0.3 is 15.4 Å². The summed E-state index contributed by atoms with van der Waals surface area (Å²) in [4.78, 5) is 36.5. The molecule has 0 fully saturated rings. The van der Waals surface area contributed by atoms with Crippen LogP contribution in [0, 0.1) is 0 Å². The van der Waals surface area contributed by atoms with Gasteiger partial charge in [0, 0.05) is 29.4 Å². The summed E-state index contributed by atoms with van der Waals surface area (Å²) in [5.74, 6) is -1.93. The predicted molar refractivity (Wildman–Crippen MR) is 125 cm³/mol. The van der Waals surface area contributed by atoms with Crippen molar-refractivity contribution in [3.05, 3.63) is 59.1 Å². The molecule has 0 spiro atoms. The summed E-state index contributed by atoms with van der Waals surface area (Å²) < 4.78 is 31.3. The van der Waals surface area contributed by atoms with Gasteiger partial charge in [-0.1, -0.05) is 25.4 Å².